The molecule has 1 heterocycles. The lowest BCUT2D eigenvalue weighted by Gasteiger charge is -2.33. The van der Waals surface area contributed by atoms with Crippen molar-refractivity contribution in [2.45, 2.75) is 50.9 Å². The van der Waals surface area contributed by atoms with Crippen LogP contribution in [0.3, 0.4) is 0 Å². The van der Waals surface area contributed by atoms with Gasteiger partial charge in [0.25, 0.3) is 0 Å². The quantitative estimate of drug-likeness (QED) is 0.447. The van der Waals surface area contributed by atoms with Crippen molar-refractivity contribution >= 4 is 0 Å². The molecule has 2 aliphatic rings. The minimum absolute atomic E-state index is 0.0155. The van der Waals surface area contributed by atoms with Gasteiger partial charge in [-0.25, -0.2) is 4.39 Å². The molecule has 0 spiro atoms. The van der Waals surface area contributed by atoms with Gasteiger partial charge in [-0.15, -0.1) is 0 Å². The lowest BCUT2D eigenvalue weighted by atomic mass is 9.78. The fraction of sp³-hybridized carbons (Fsp3) is 0.462. The van der Waals surface area contributed by atoms with Crippen LogP contribution in [0.2, 0.25) is 0 Å². The Morgan fingerprint density at radius 3 is 2.06 bits per heavy atom. The highest BCUT2D eigenvalue weighted by Gasteiger charge is 2.44. The zero-order valence-corrected chi connectivity index (χ0v) is 18.2. The molecule has 1 aliphatic heterocycles. The summed E-state index contributed by atoms with van der Waals surface area (Å²) in [5, 5.41) is 0. The van der Waals surface area contributed by atoms with Crippen LogP contribution in [0.4, 0.5) is 13.2 Å². The summed E-state index contributed by atoms with van der Waals surface area (Å²) in [6.07, 6.45) is 2.57. The van der Waals surface area contributed by atoms with Crippen molar-refractivity contribution in [3.8, 4) is 5.75 Å². The van der Waals surface area contributed by atoms with Crippen molar-refractivity contribution in [2.75, 3.05) is 13.2 Å². The molecule has 0 atom stereocenters. The van der Waals surface area contributed by atoms with Crippen LogP contribution in [0.25, 0.3) is 0 Å². The second kappa shape index (κ2) is 10.1. The number of alkyl halides is 2. The maximum atomic E-state index is 14.6. The lowest BCUT2D eigenvalue weighted by molar-refractivity contribution is -0.222. The lowest BCUT2D eigenvalue weighted by Crippen LogP contribution is -2.37. The average Bonchev–Trinajstić information content (AvgIpc) is 2.81. The smallest absolute Gasteiger partial charge is 0.400 e. The molecule has 0 unspecified atom stereocenters. The molecule has 0 amide bonds. The van der Waals surface area contributed by atoms with Gasteiger partial charge in [-0.2, -0.15) is 8.78 Å². The van der Waals surface area contributed by atoms with E-state index in [-0.39, 0.29) is 23.9 Å². The summed E-state index contributed by atoms with van der Waals surface area (Å²) < 4.78 is 58.8. The highest BCUT2D eigenvalue weighted by molar-refractivity contribution is 5.27. The molecule has 3 nitrogen and oxygen atoms in total. The Balaban J connectivity index is 1.30. The second-order valence-corrected chi connectivity index (χ2v) is 8.62. The van der Waals surface area contributed by atoms with Crippen LogP contribution >= 0.6 is 0 Å². The number of ether oxygens (including phenoxy) is 3. The molecule has 0 radical (unpaired) electrons. The van der Waals surface area contributed by atoms with E-state index >= 15 is 0 Å². The summed E-state index contributed by atoms with van der Waals surface area (Å²) in [6, 6.07) is 12.8. The summed E-state index contributed by atoms with van der Waals surface area (Å²) in [5.41, 5.74) is 2.12. The molecule has 1 saturated heterocycles. The van der Waals surface area contributed by atoms with E-state index in [1.54, 1.807) is 0 Å². The van der Waals surface area contributed by atoms with Crippen molar-refractivity contribution in [3.63, 3.8) is 0 Å². The van der Waals surface area contributed by atoms with E-state index in [1.165, 1.54) is 12.1 Å². The van der Waals surface area contributed by atoms with E-state index in [9.17, 15) is 13.2 Å². The van der Waals surface area contributed by atoms with Crippen LogP contribution in [0.5, 0.6) is 5.75 Å². The van der Waals surface area contributed by atoms with E-state index in [0.29, 0.717) is 38.9 Å². The van der Waals surface area contributed by atoms with Crippen molar-refractivity contribution in [3.05, 3.63) is 77.6 Å². The van der Waals surface area contributed by atoms with Gasteiger partial charge >= 0.3 is 6.11 Å². The molecule has 2 aromatic carbocycles. The van der Waals surface area contributed by atoms with Gasteiger partial charge in [-0.3, -0.25) is 0 Å². The highest BCUT2D eigenvalue weighted by atomic mass is 19.3. The molecule has 6 heteroatoms. The number of hydrogen-bond donors (Lipinski definition) is 0. The molecule has 1 saturated carbocycles. The average molecular weight is 447 g/mol. The third-order valence-corrected chi connectivity index (χ3v) is 6.34. The Morgan fingerprint density at radius 2 is 1.47 bits per heavy atom. The number of allylic oxidation sites excluding steroid dienone is 1. The van der Waals surface area contributed by atoms with Gasteiger partial charge in [-0.05, 0) is 68.4 Å². The summed E-state index contributed by atoms with van der Waals surface area (Å²) in [5.74, 6) is -0.813. The molecular formula is C26H29F3O3. The topological polar surface area (TPSA) is 27.7 Å². The van der Waals surface area contributed by atoms with Crippen LogP contribution < -0.4 is 4.74 Å². The third-order valence-electron chi connectivity index (χ3n) is 6.34. The zero-order valence-electron chi connectivity index (χ0n) is 18.2. The van der Waals surface area contributed by atoms with Crippen LogP contribution in [-0.2, 0) is 9.47 Å². The molecule has 2 aromatic rings. The van der Waals surface area contributed by atoms with Crippen LogP contribution in [0, 0.1) is 17.7 Å². The molecule has 0 aromatic heterocycles. The van der Waals surface area contributed by atoms with Crippen molar-refractivity contribution in [1.82, 2.24) is 0 Å². The Kier molecular flexibility index (Phi) is 7.21. The summed E-state index contributed by atoms with van der Waals surface area (Å²) >= 11 is 0. The Bertz CT molecular complexity index is 880. The SMILES string of the molecule is C/C=C/C1COC(c2ccc(C3CCC(C(F)(F)Oc4ccc(F)cc4)CC3)cc2)OC1. The monoisotopic (exact) mass is 446 g/mol. The predicted octanol–water partition coefficient (Wildman–Crippen LogP) is 7.01. The molecule has 32 heavy (non-hydrogen) atoms. The fourth-order valence-electron chi connectivity index (χ4n) is 4.53. The molecule has 1 aliphatic carbocycles. The number of rotatable bonds is 6. The van der Waals surface area contributed by atoms with E-state index < -0.39 is 17.8 Å². The predicted molar refractivity (Wildman–Crippen MR) is 116 cm³/mol. The minimum atomic E-state index is -3.27. The Labute approximate surface area is 187 Å². The fourth-order valence-corrected chi connectivity index (χ4v) is 4.53. The first kappa shape index (κ1) is 22.9. The molecule has 0 N–H and O–H groups in total. The van der Waals surface area contributed by atoms with Gasteiger partial charge in [0.05, 0.1) is 19.1 Å². The molecule has 0 bridgehead atoms. The summed E-state index contributed by atoms with van der Waals surface area (Å²) in [4.78, 5) is 0. The van der Waals surface area contributed by atoms with Gasteiger partial charge in [0, 0.05) is 11.5 Å². The van der Waals surface area contributed by atoms with E-state index in [1.807, 2.05) is 25.1 Å². The number of hydrogen-bond acceptors (Lipinski definition) is 3. The van der Waals surface area contributed by atoms with Crippen LogP contribution in [-0.4, -0.2) is 19.3 Å². The van der Waals surface area contributed by atoms with Gasteiger partial charge in [0.1, 0.15) is 11.6 Å². The first-order valence-electron chi connectivity index (χ1n) is 11.2. The summed E-state index contributed by atoms with van der Waals surface area (Å²) in [6.45, 7) is 3.25. The van der Waals surface area contributed by atoms with Crippen LogP contribution in [0.15, 0.2) is 60.7 Å². The largest absolute Gasteiger partial charge is 0.432 e. The maximum absolute atomic E-state index is 14.6. The van der Waals surface area contributed by atoms with Crippen molar-refractivity contribution in [1.29, 1.82) is 0 Å². The standard InChI is InChI=1S/C26H29F3O3/c1-2-3-18-16-30-25(31-17-18)21-6-4-19(5-7-21)20-8-10-22(11-9-20)26(28,29)32-24-14-12-23(27)13-15-24/h2-7,12-15,18,20,22,25H,8-11,16-17H2,1H3/b3-2+. The first-order valence-corrected chi connectivity index (χ1v) is 11.2. The van der Waals surface area contributed by atoms with Gasteiger partial charge in [-0.1, -0.05) is 36.4 Å². The summed E-state index contributed by atoms with van der Waals surface area (Å²) in [7, 11) is 0. The Hall–Kier alpha value is -2.31. The first-order chi connectivity index (χ1) is 15.4. The van der Waals surface area contributed by atoms with E-state index in [4.69, 9.17) is 14.2 Å². The number of halogens is 3. The normalized spacial score (nSPS) is 26.9. The zero-order chi connectivity index (χ0) is 22.6. The molecule has 172 valence electrons. The molecular weight excluding hydrogens is 417 g/mol. The van der Waals surface area contributed by atoms with Gasteiger partial charge in [0.2, 0.25) is 0 Å². The van der Waals surface area contributed by atoms with E-state index in [2.05, 4.69) is 18.2 Å². The second-order valence-electron chi connectivity index (χ2n) is 8.62. The minimum Gasteiger partial charge on any atom is -0.432 e. The maximum Gasteiger partial charge on any atom is 0.400 e. The number of benzene rings is 2. The van der Waals surface area contributed by atoms with Crippen LogP contribution in [0.1, 0.15) is 55.9 Å². The van der Waals surface area contributed by atoms with Crippen molar-refractivity contribution < 1.29 is 27.4 Å². The van der Waals surface area contributed by atoms with E-state index in [0.717, 1.165) is 23.3 Å². The third kappa shape index (κ3) is 5.54. The van der Waals surface area contributed by atoms with Gasteiger partial charge in [0.15, 0.2) is 6.29 Å². The molecule has 4 rings (SSSR count). The van der Waals surface area contributed by atoms with Gasteiger partial charge < -0.3 is 14.2 Å². The molecule has 2 fully saturated rings. The van der Waals surface area contributed by atoms with Crippen molar-refractivity contribution in [2.24, 2.45) is 11.8 Å². The highest BCUT2D eigenvalue weighted by Crippen LogP contribution is 2.43. The Morgan fingerprint density at radius 1 is 0.875 bits per heavy atom.